The summed E-state index contributed by atoms with van der Waals surface area (Å²) in [6.07, 6.45) is 3.31. The molecular formula is C19H17N5OS. The van der Waals surface area contributed by atoms with Crippen LogP contribution in [0.2, 0.25) is 0 Å². The molecule has 1 aromatic carbocycles. The Morgan fingerprint density at radius 2 is 2.00 bits per heavy atom. The lowest BCUT2D eigenvalue weighted by atomic mass is 10.2. The summed E-state index contributed by atoms with van der Waals surface area (Å²) in [5.74, 6) is -0.231. The van der Waals surface area contributed by atoms with Crippen molar-refractivity contribution in [2.24, 2.45) is 0 Å². The average molecular weight is 363 g/mol. The molecule has 1 amide bonds. The highest BCUT2D eigenvalue weighted by molar-refractivity contribution is 7.14. The van der Waals surface area contributed by atoms with Crippen LogP contribution in [0, 0.1) is 0 Å². The van der Waals surface area contributed by atoms with E-state index in [1.165, 1.54) is 11.3 Å². The second kappa shape index (κ2) is 6.68. The number of nitrogens with zero attached hydrogens (tertiary/aromatic N) is 4. The van der Waals surface area contributed by atoms with E-state index in [1.54, 1.807) is 18.5 Å². The van der Waals surface area contributed by atoms with Crippen LogP contribution in [0.25, 0.3) is 22.3 Å². The predicted molar refractivity (Wildman–Crippen MR) is 103 cm³/mol. The third-order valence-corrected chi connectivity index (χ3v) is 4.74. The van der Waals surface area contributed by atoms with Gasteiger partial charge in [0.25, 0.3) is 5.91 Å². The number of carbonyl (C=O) groups is 1. The molecule has 4 aromatic rings. The van der Waals surface area contributed by atoms with Gasteiger partial charge in [-0.15, -0.1) is 11.3 Å². The van der Waals surface area contributed by atoms with Crippen molar-refractivity contribution in [3.63, 3.8) is 0 Å². The molecule has 130 valence electrons. The number of hydrogen-bond donors (Lipinski definition) is 1. The number of amides is 1. The topological polar surface area (TPSA) is 72.7 Å². The third-order valence-electron chi connectivity index (χ3n) is 3.98. The van der Waals surface area contributed by atoms with Gasteiger partial charge in [0.05, 0.1) is 17.5 Å². The highest BCUT2D eigenvalue weighted by Gasteiger charge is 2.13. The number of carbonyl (C=O) groups excluding carboxylic acids is 1. The summed E-state index contributed by atoms with van der Waals surface area (Å²) in [5.41, 5.74) is 3.13. The Hall–Kier alpha value is -3.06. The van der Waals surface area contributed by atoms with Gasteiger partial charge in [0.1, 0.15) is 0 Å². The van der Waals surface area contributed by atoms with Crippen LogP contribution < -0.4 is 5.32 Å². The van der Waals surface area contributed by atoms with Gasteiger partial charge in [0.15, 0.2) is 10.8 Å². The summed E-state index contributed by atoms with van der Waals surface area (Å²) < 4.78 is 1.84. The maximum Gasteiger partial charge on any atom is 0.259 e. The molecule has 0 fully saturated rings. The number of benzene rings is 1. The molecule has 0 aliphatic carbocycles. The number of aromatic nitrogens is 4. The van der Waals surface area contributed by atoms with Crippen LogP contribution in [0.15, 0.2) is 54.2 Å². The Morgan fingerprint density at radius 1 is 1.19 bits per heavy atom. The number of thiazole rings is 1. The number of anilines is 1. The molecule has 6 nitrogen and oxygen atoms in total. The second-order valence-corrected chi connectivity index (χ2v) is 7.04. The molecule has 0 saturated carbocycles. The first-order valence-corrected chi connectivity index (χ1v) is 9.15. The van der Waals surface area contributed by atoms with Crippen LogP contribution in [0.5, 0.6) is 0 Å². The van der Waals surface area contributed by atoms with Gasteiger partial charge in [-0.25, -0.2) is 14.6 Å². The summed E-state index contributed by atoms with van der Waals surface area (Å²) in [4.78, 5) is 21.4. The van der Waals surface area contributed by atoms with Gasteiger partial charge >= 0.3 is 0 Å². The van der Waals surface area contributed by atoms with Crippen molar-refractivity contribution in [2.75, 3.05) is 5.32 Å². The van der Waals surface area contributed by atoms with Gasteiger partial charge in [-0.2, -0.15) is 5.10 Å². The molecule has 0 atom stereocenters. The molecule has 1 N–H and O–H groups in total. The molecule has 0 aliphatic rings. The lowest BCUT2D eigenvalue weighted by Crippen LogP contribution is -2.12. The summed E-state index contributed by atoms with van der Waals surface area (Å²) in [6, 6.07) is 11.9. The molecule has 7 heteroatoms. The van der Waals surface area contributed by atoms with Gasteiger partial charge < -0.3 is 0 Å². The minimum absolute atomic E-state index is 0.214. The largest absolute Gasteiger partial charge is 0.298 e. The number of hydrogen-bond acceptors (Lipinski definition) is 5. The molecule has 0 saturated heterocycles. The van der Waals surface area contributed by atoms with E-state index in [1.807, 2.05) is 54.2 Å². The van der Waals surface area contributed by atoms with Crippen LogP contribution in [0.1, 0.15) is 30.2 Å². The molecule has 0 unspecified atom stereocenters. The highest BCUT2D eigenvalue weighted by atomic mass is 32.1. The van der Waals surface area contributed by atoms with Crippen LogP contribution in [-0.4, -0.2) is 25.7 Å². The van der Waals surface area contributed by atoms with Gasteiger partial charge in [0, 0.05) is 28.6 Å². The van der Waals surface area contributed by atoms with Crippen LogP contribution in [-0.2, 0) is 0 Å². The van der Waals surface area contributed by atoms with Crippen molar-refractivity contribution in [3.8, 4) is 11.3 Å². The standard InChI is InChI=1S/C19H17N5OS/c1-12(2)24-17-14(10-21-24)8-15(9-20-17)18(25)23-19-22-16(11-26-19)13-6-4-3-5-7-13/h3-12H,1-2H3,(H,22,23,25). The Balaban J connectivity index is 1.55. The molecule has 0 radical (unpaired) electrons. The third kappa shape index (κ3) is 3.09. The molecule has 4 rings (SSSR count). The van der Waals surface area contributed by atoms with E-state index in [4.69, 9.17) is 0 Å². The lowest BCUT2D eigenvalue weighted by molar-refractivity contribution is 0.102. The first-order valence-electron chi connectivity index (χ1n) is 8.27. The Morgan fingerprint density at radius 3 is 2.77 bits per heavy atom. The van der Waals surface area contributed by atoms with Gasteiger partial charge in [0.2, 0.25) is 0 Å². The summed E-state index contributed by atoms with van der Waals surface area (Å²) >= 11 is 1.40. The van der Waals surface area contributed by atoms with Gasteiger partial charge in [-0.05, 0) is 19.9 Å². The molecule has 0 aliphatic heterocycles. The smallest absolute Gasteiger partial charge is 0.259 e. The first-order chi connectivity index (χ1) is 12.6. The lowest BCUT2D eigenvalue weighted by Gasteiger charge is -2.06. The van der Waals surface area contributed by atoms with Crippen molar-refractivity contribution in [1.82, 2.24) is 19.7 Å². The van der Waals surface area contributed by atoms with E-state index in [-0.39, 0.29) is 11.9 Å². The minimum Gasteiger partial charge on any atom is -0.298 e. The number of pyridine rings is 1. The predicted octanol–water partition coefficient (Wildman–Crippen LogP) is 4.39. The van der Waals surface area contributed by atoms with E-state index in [0.717, 1.165) is 22.3 Å². The van der Waals surface area contributed by atoms with Gasteiger partial charge in [-0.1, -0.05) is 30.3 Å². The van der Waals surface area contributed by atoms with Crippen molar-refractivity contribution in [1.29, 1.82) is 0 Å². The summed E-state index contributed by atoms with van der Waals surface area (Å²) in [5, 5.41) is 10.5. The zero-order valence-electron chi connectivity index (χ0n) is 14.4. The van der Waals surface area contributed by atoms with E-state index in [2.05, 4.69) is 20.4 Å². The van der Waals surface area contributed by atoms with Crippen molar-refractivity contribution < 1.29 is 4.79 Å². The highest BCUT2D eigenvalue weighted by Crippen LogP contribution is 2.25. The Labute approximate surface area is 154 Å². The maximum absolute atomic E-state index is 12.5. The second-order valence-electron chi connectivity index (χ2n) is 6.18. The number of nitrogens with one attached hydrogen (secondary N) is 1. The number of rotatable bonds is 4. The normalized spacial score (nSPS) is 11.2. The first kappa shape index (κ1) is 16.4. The van der Waals surface area contributed by atoms with Crippen LogP contribution in [0.4, 0.5) is 5.13 Å². The van der Waals surface area contributed by atoms with E-state index in [0.29, 0.717) is 10.7 Å². The Kier molecular flexibility index (Phi) is 4.22. The summed E-state index contributed by atoms with van der Waals surface area (Å²) in [7, 11) is 0. The maximum atomic E-state index is 12.5. The molecule has 0 bridgehead atoms. The van der Waals surface area contributed by atoms with E-state index < -0.39 is 0 Å². The SMILES string of the molecule is CC(C)n1ncc2cc(C(=O)Nc3nc(-c4ccccc4)cs3)cnc21. The van der Waals surface area contributed by atoms with E-state index >= 15 is 0 Å². The molecule has 3 heterocycles. The average Bonchev–Trinajstić information content (AvgIpc) is 3.28. The quantitative estimate of drug-likeness (QED) is 0.584. The summed E-state index contributed by atoms with van der Waals surface area (Å²) in [6.45, 7) is 4.09. The molecule has 26 heavy (non-hydrogen) atoms. The molecular weight excluding hydrogens is 346 g/mol. The van der Waals surface area contributed by atoms with E-state index in [9.17, 15) is 4.79 Å². The minimum atomic E-state index is -0.231. The van der Waals surface area contributed by atoms with Crippen LogP contribution in [0.3, 0.4) is 0 Å². The zero-order chi connectivity index (χ0) is 18.1. The number of fused-ring (bicyclic) bond motifs is 1. The van der Waals surface area contributed by atoms with Crippen LogP contribution >= 0.6 is 11.3 Å². The molecule has 0 spiro atoms. The van der Waals surface area contributed by atoms with Crippen molar-refractivity contribution in [3.05, 3.63) is 59.7 Å². The fraction of sp³-hybridized carbons (Fsp3) is 0.158. The van der Waals surface area contributed by atoms with Gasteiger partial charge in [-0.3, -0.25) is 10.1 Å². The zero-order valence-corrected chi connectivity index (χ0v) is 15.2. The monoisotopic (exact) mass is 363 g/mol. The Bertz CT molecular complexity index is 1070. The fourth-order valence-corrected chi connectivity index (χ4v) is 3.40. The molecule has 3 aromatic heterocycles. The van der Waals surface area contributed by atoms with Crippen molar-refractivity contribution >= 4 is 33.4 Å². The fourth-order valence-electron chi connectivity index (χ4n) is 2.68. The van der Waals surface area contributed by atoms with Crippen molar-refractivity contribution in [2.45, 2.75) is 19.9 Å².